The molecule has 1 aromatic heterocycles. The molecule has 114 valence electrons. The van der Waals surface area contributed by atoms with Gasteiger partial charge in [-0.1, -0.05) is 30.3 Å². The SMILES string of the molecule is Cc1ccc(/C=C/c2nc3ccccc3[nH]c2=O)cc1[N+](=O)[O-]. The van der Waals surface area contributed by atoms with E-state index in [4.69, 9.17) is 0 Å². The quantitative estimate of drug-likeness (QED) is 0.594. The molecule has 2 aromatic carbocycles. The number of fused-ring (bicyclic) bond motifs is 1. The van der Waals surface area contributed by atoms with Crippen LogP contribution in [0.25, 0.3) is 23.2 Å². The topological polar surface area (TPSA) is 88.9 Å². The molecule has 6 nitrogen and oxygen atoms in total. The van der Waals surface area contributed by atoms with E-state index >= 15 is 0 Å². The average Bonchev–Trinajstić information content (AvgIpc) is 2.53. The zero-order valence-electron chi connectivity index (χ0n) is 12.3. The maximum Gasteiger partial charge on any atom is 0.274 e. The van der Waals surface area contributed by atoms with Crippen molar-refractivity contribution in [2.45, 2.75) is 6.92 Å². The van der Waals surface area contributed by atoms with E-state index in [1.807, 2.05) is 12.1 Å². The number of H-pyrrole nitrogens is 1. The second-order valence-corrected chi connectivity index (χ2v) is 5.10. The summed E-state index contributed by atoms with van der Waals surface area (Å²) in [6.07, 6.45) is 3.19. The molecule has 3 rings (SSSR count). The first-order valence-corrected chi connectivity index (χ1v) is 6.97. The number of rotatable bonds is 3. The van der Waals surface area contributed by atoms with Gasteiger partial charge < -0.3 is 4.98 Å². The second kappa shape index (κ2) is 5.84. The van der Waals surface area contributed by atoms with Crippen LogP contribution in [0.1, 0.15) is 16.8 Å². The molecule has 0 saturated carbocycles. The van der Waals surface area contributed by atoms with E-state index in [-0.39, 0.29) is 16.9 Å². The van der Waals surface area contributed by atoms with Gasteiger partial charge in [-0.25, -0.2) is 4.98 Å². The van der Waals surface area contributed by atoms with E-state index in [1.165, 1.54) is 6.07 Å². The Morgan fingerprint density at radius 1 is 1.17 bits per heavy atom. The molecule has 0 aliphatic rings. The van der Waals surface area contributed by atoms with Crippen LogP contribution in [-0.2, 0) is 0 Å². The molecule has 1 heterocycles. The number of hydrogen-bond donors (Lipinski definition) is 1. The highest BCUT2D eigenvalue weighted by Gasteiger charge is 2.09. The summed E-state index contributed by atoms with van der Waals surface area (Å²) in [4.78, 5) is 29.6. The van der Waals surface area contributed by atoms with E-state index in [9.17, 15) is 14.9 Å². The lowest BCUT2D eigenvalue weighted by atomic mass is 10.1. The summed E-state index contributed by atoms with van der Waals surface area (Å²) in [6.45, 7) is 1.68. The molecule has 0 fully saturated rings. The standard InChI is InChI=1S/C17H13N3O3/c1-11-6-7-12(10-16(11)20(22)23)8-9-15-17(21)19-14-5-3-2-4-13(14)18-15/h2-10H,1H3,(H,19,21)/b9-8+. The monoisotopic (exact) mass is 307 g/mol. The fraction of sp³-hybridized carbons (Fsp3) is 0.0588. The number of nitrogens with one attached hydrogen (secondary N) is 1. The van der Waals surface area contributed by atoms with Gasteiger partial charge in [0.1, 0.15) is 5.69 Å². The highest BCUT2D eigenvalue weighted by atomic mass is 16.6. The summed E-state index contributed by atoms with van der Waals surface area (Å²) < 4.78 is 0. The molecule has 23 heavy (non-hydrogen) atoms. The fourth-order valence-corrected chi connectivity index (χ4v) is 2.26. The van der Waals surface area contributed by atoms with Gasteiger partial charge in [-0.05, 0) is 30.7 Å². The minimum atomic E-state index is -0.423. The Labute approximate surface area is 131 Å². The van der Waals surface area contributed by atoms with Crippen molar-refractivity contribution in [2.75, 3.05) is 0 Å². The van der Waals surface area contributed by atoms with Crippen LogP contribution in [0.2, 0.25) is 0 Å². The van der Waals surface area contributed by atoms with Crippen molar-refractivity contribution in [3.8, 4) is 0 Å². The Hall–Kier alpha value is -3.28. The summed E-state index contributed by atoms with van der Waals surface area (Å²) in [6, 6.07) is 12.1. The first kappa shape index (κ1) is 14.6. The van der Waals surface area contributed by atoms with Gasteiger partial charge in [-0.3, -0.25) is 14.9 Å². The smallest absolute Gasteiger partial charge is 0.274 e. The summed E-state index contributed by atoms with van der Waals surface area (Å²) in [7, 11) is 0. The Morgan fingerprint density at radius 2 is 1.96 bits per heavy atom. The number of para-hydroxylation sites is 2. The maximum atomic E-state index is 12.0. The molecule has 0 radical (unpaired) electrons. The molecular weight excluding hydrogens is 294 g/mol. The fourth-order valence-electron chi connectivity index (χ4n) is 2.26. The summed E-state index contributed by atoms with van der Waals surface area (Å²) in [5.41, 5.74) is 2.58. The highest BCUT2D eigenvalue weighted by Crippen LogP contribution is 2.20. The molecule has 0 spiro atoms. The van der Waals surface area contributed by atoms with E-state index in [2.05, 4.69) is 9.97 Å². The molecular formula is C17H13N3O3. The van der Waals surface area contributed by atoms with Gasteiger partial charge in [0.05, 0.1) is 16.0 Å². The summed E-state index contributed by atoms with van der Waals surface area (Å²) >= 11 is 0. The van der Waals surface area contributed by atoms with E-state index in [1.54, 1.807) is 43.3 Å². The molecule has 0 bridgehead atoms. The summed E-state index contributed by atoms with van der Waals surface area (Å²) in [5.74, 6) is 0. The number of hydrogen-bond acceptors (Lipinski definition) is 4. The lowest BCUT2D eigenvalue weighted by molar-refractivity contribution is -0.385. The molecule has 6 heteroatoms. The number of aryl methyl sites for hydroxylation is 1. The van der Waals surface area contributed by atoms with Crippen LogP contribution in [0.3, 0.4) is 0 Å². The predicted molar refractivity (Wildman–Crippen MR) is 89.1 cm³/mol. The van der Waals surface area contributed by atoms with Gasteiger partial charge in [-0.15, -0.1) is 0 Å². The van der Waals surface area contributed by atoms with Crippen LogP contribution >= 0.6 is 0 Å². The highest BCUT2D eigenvalue weighted by molar-refractivity contribution is 5.76. The first-order chi connectivity index (χ1) is 11.0. The normalized spacial score (nSPS) is 11.2. The second-order valence-electron chi connectivity index (χ2n) is 5.10. The van der Waals surface area contributed by atoms with Crippen molar-refractivity contribution in [3.05, 3.63) is 79.8 Å². The Morgan fingerprint density at radius 3 is 2.74 bits per heavy atom. The Balaban J connectivity index is 2.00. The number of nitro groups is 1. The van der Waals surface area contributed by atoms with Crippen molar-refractivity contribution >= 4 is 28.9 Å². The molecule has 0 aliphatic carbocycles. The van der Waals surface area contributed by atoms with Crippen molar-refractivity contribution in [1.29, 1.82) is 0 Å². The van der Waals surface area contributed by atoms with Crippen LogP contribution in [-0.4, -0.2) is 14.9 Å². The lowest BCUT2D eigenvalue weighted by Gasteiger charge is -2.00. The van der Waals surface area contributed by atoms with Gasteiger partial charge in [0, 0.05) is 11.6 Å². The maximum absolute atomic E-state index is 12.0. The predicted octanol–water partition coefficient (Wildman–Crippen LogP) is 3.31. The summed E-state index contributed by atoms with van der Waals surface area (Å²) in [5, 5.41) is 11.0. The lowest BCUT2D eigenvalue weighted by Crippen LogP contribution is -2.11. The van der Waals surface area contributed by atoms with Crippen LogP contribution < -0.4 is 5.56 Å². The van der Waals surface area contributed by atoms with Gasteiger partial charge in [0.25, 0.3) is 11.2 Å². The van der Waals surface area contributed by atoms with Gasteiger partial charge in [-0.2, -0.15) is 0 Å². The molecule has 0 aliphatic heterocycles. The van der Waals surface area contributed by atoms with E-state index in [0.717, 1.165) is 0 Å². The van der Waals surface area contributed by atoms with Crippen LogP contribution in [0.4, 0.5) is 5.69 Å². The average molecular weight is 307 g/mol. The minimum Gasteiger partial charge on any atom is -0.319 e. The van der Waals surface area contributed by atoms with Gasteiger partial charge >= 0.3 is 0 Å². The van der Waals surface area contributed by atoms with Crippen molar-refractivity contribution < 1.29 is 4.92 Å². The third-order valence-electron chi connectivity index (χ3n) is 3.49. The van der Waals surface area contributed by atoms with Gasteiger partial charge in [0.15, 0.2) is 0 Å². The molecule has 3 aromatic rings. The van der Waals surface area contributed by atoms with Crippen molar-refractivity contribution in [1.82, 2.24) is 9.97 Å². The number of nitro benzene ring substituents is 1. The molecule has 0 saturated heterocycles. The molecule has 0 atom stereocenters. The number of nitrogens with zero attached hydrogens (tertiary/aromatic N) is 2. The zero-order valence-corrected chi connectivity index (χ0v) is 12.3. The third-order valence-corrected chi connectivity index (χ3v) is 3.49. The first-order valence-electron chi connectivity index (χ1n) is 6.97. The zero-order chi connectivity index (χ0) is 16.4. The van der Waals surface area contributed by atoms with E-state index in [0.29, 0.717) is 22.2 Å². The molecule has 0 unspecified atom stereocenters. The van der Waals surface area contributed by atoms with E-state index < -0.39 is 4.92 Å². The molecule has 0 amide bonds. The number of benzene rings is 2. The van der Waals surface area contributed by atoms with Crippen LogP contribution in [0.5, 0.6) is 0 Å². The Kier molecular flexibility index (Phi) is 3.72. The number of aromatic amines is 1. The number of aromatic nitrogens is 2. The molecule has 1 N–H and O–H groups in total. The van der Waals surface area contributed by atoms with Crippen LogP contribution in [0.15, 0.2) is 47.3 Å². The van der Waals surface area contributed by atoms with Crippen LogP contribution in [0, 0.1) is 17.0 Å². The van der Waals surface area contributed by atoms with Gasteiger partial charge in [0.2, 0.25) is 0 Å². The third kappa shape index (κ3) is 3.01. The van der Waals surface area contributed by atoms with Crippen molar-refractivity contribution in [2.24, 2.45) is 0 Å². The Bertz CT molecular complexity index is 990. The largest absolute Gasteiger partial charge is 0.319 e. The minimum absolute atomic E-state index is 0.0486. The van der Waals surface area contributed by atoms with Crippen molar-refractivity contribution in [3.63, 3.8) is 0 Å².